The normalized spacial score (nSPS) is 12.1. The Kier molecular flexibility index (Phi) is 3.74. The van der Waals surface area contributed by atoms with Gasteiger partial charge in [-0.15, -0.1) is 0 Å². The number of H-pyrrole nitrogens is 1. The molecule has 3 rings (SSSR count). The van der Waals surface area contributed by atoms with E-state index in [0.717, 1.165) is 0 Å². The second-order valence-corrected chi connectivity index (χ2v) is 6.60. The molecule has 0 radical (unpaired) electrons. The fraction of sp³-hybridized carbons (Fsp3) is 0.333. The van der Waals surface area contributed by atoms with Crippen LogP contribution in [0.25, 0.3) is 11.2 Å². The Morgan fingerprint density at radius 2 is 2.17 bits per heavy atom. The van der Waals surface area contributed by atoms with Crippen LogP contribution in [0.4, 0.5) is 0 Å². The van der Waals surface area contributed by atoms with E-state index in [1.165, 1.54) is 24.0 Å². The van der Waals surface area contributed by atoms with Crippen molar-refractivity contribution in [3.63, 3.8) is 0 Å². The third kappa shape index (κ3) is 2.75. The van der Waals surface area contributed by atoms with Crippen LogP contribution in [-0.4, -0.2) is 39.6 Å². The second kappa shape index (κ2) is 5.59. The number of rotatable bonds is 5. The van der Waals surface area contributed by atoms with Crippen molar-refractivity contribution in [3.8, 4) is 0 Å². The number of hydrogen-bond donors (Lipinski definition) is 2. The Hall–Kier alpha value is -2.53. The van der Waals surface area contributed by atoms with Crippen LogP contribution in [0.2, 0.25) is 0 Å². The minimum Gasteiger partial charge on any atom is -0.360 e. The molecule has 0 aliphatic carbocycles. The molecule has 0 fully saturated rings. The van der Waals surface area contributed by atoms with Gasteiger partial charge in [0, 0.05) is 13.1 Å². The predicted molar refractivity (Wildman–Crippen MR) is 79.3 cm³/mol. The molecule has 0 aliphatic rings. The first-order chi connectivity index (χ1) is 10.9. The van der Waals surface area contributed by atoms with Gasteiger partial charge in [0.25, 0.3) is 0 Å². The van der Waals surface area contributed by atoms with Gasteiger partial charge in [0.05, 0.1) is 6.20 Å². The highest BCUT2D eigenvalue weighted by molar-refractivity contribution is 7.89. The third-order valence-corrected chi connectivity index (χ3v) is 5.00. The lowest BCUT2D eigenvalue weighted by Gasteiger charge is -2.06. The van der Waals surface area contributed by atoms with Gasteiger partial charge < -0.3 is 9.51 Å². The highest BCUT2D eigenvalue weighted by Crippen LogP contribution is 2.18. The minimum absolute atomic E-state index is 0.0171. The van der Waals surface area contributed by atoms with Gasteiger partial charge in [0.15, 0.2) is 11.4 Å². The monoisotopic (exact) mass is 338 g/mol. The number of sulfonamides is 1. The van der Waals surface area contributed by atoms with Crippen LogP contribution in [-0.2, 0) is 16.6 Å². The molecule has 0 spiro atoms. The van der Waals surface area contributed by atoms with Crippen molar-refractivity contribution in [2.75, 3.05) is 6.54 Å². The van der Waals surface area contributed by atoms with Crippen molar-refractivity contribution in [1.29, 1.82) is 0 Å². The average Bonchev–Trinajstić information content (AvgIpc) is 2.99. The highest BCUT2D eigenvalue weighted by Gasteiger charge is 2.23. The predicted octanol–water partition coefficient (Wildman–Crippen LogP) is -0.297. The molecule has 0 aliphatic heterocycles. The number of hydrogen-bond acceptors (Lipinski definition) is 7. The Morgan fingerprint density at radius 3 is 2.87 bits per heavy atom. The lowest BCUT2D eigenvalue weighted by atomic mass is 10.4. The van der Waals surface area contributed by atoms with E-state index in [9.17, 15) is 13.2 Å². The number of nitrogens with one attached hydrogen (secondary N) is 2. The van der Waals surface area contributed by atoms with E-state index in [1.54, 1.807) is 6.92 Å². The van der Waals surface area contributed by atoms with Crippen molar-refractivity contribution >= 4 is 21.2 Å². The molecule has 0 aromatic carbocycles. The smallest absolute Gasteiger partial charge is 0.327 e. The SMILES string of the molecule is Cc1noc(C)c1S(=O)(=O)NCCn1c(=O)[nH]c2cncnc21. The summed E-state index contributed by atoms with van der Waals surface area (Å²) >= 11 is 0. The van der Waals surface area contributed by atoms with E-state index in [0.29, 0.717) is 11.2 Å². The topological polar surface area (TPSA) is 136 Å². The second-order valence-electron chi connectivity index (χ2n) is 4.89. The molecule has 2 N–H and O–H groups in total. The minimum atomic E-state index is -3.76. The van der Waals surface area contributed by atoms with Crippen LogP contribution in [0.3, 0.4) is 0 Å². The number of fused-ring (bicyclic) bond motifs is 1. The molecular formula is C12H14N6O4S. The third-order valence-electron chi connectivity index (χ3n) is 3.30. The summed E-state index contributed by atoms with van der Waals surface area (Å²) in [6.07, 6.45) is 2.80. The summed E-state index contributed by atoms with van der Waals surface area (Å²) in [5.41, 5.74) is 0.816. The van der Waals surface area contributed by atoms with Crippen molar-refractivity contribution in [1.82, 2.24) is 29.4 Å². The molecule has 3 aromatic heterocycles. The van der Waals surface area contributed by atoms with Crippen molar-refractivity contribution in [2.24, 2.45) is 0 Å². The van der Waals surface area contributed by atoms with Crippen molar-refractivity contribution in [2.45, 2.75) is 25.3 Å². The molecule has 0 saturated carbocycles. The summed E-state index contributed by atoms with van der Waals surface area (Å²) in [6.45, 7) is 3.21. The maximum absolute atomic E-state index is 12.3. The molecule has 10 nitrogen and oxygen atoms in total. The van der Waals surface area contributed by atoms with E-state index in [-0.39, 0.29) is 35.1 Å². The zero-order valence-electron chi connectivity index (χ0n) is 12.4. The molecule has 0 amide bonds. The summed E-state index contributed by atoms with van der Waals surface area (Å²) in [7, 11) is -3.76. The lowest BCUT2D eigenvalue weighted by molar-refractivity contribution is 0.390. The van der Waals surface area contributed by atoms with Crippen molar-refractivity contribution in [3.05, 3.63) is 34.5 Å². The largest absolute Gasteiger partial charge is 0.360 e. The molecule has 0 saturated heterocycles. The molecular weight excluding hydrogens is 324 g/mol. The summed E-state index contributed by atoms with van der Waals surface area (Å²) in [6, 6.07) is 0. The summed E-state index contributed by atoms with van der Waals surface area (Å²) in [5.74, 6) is 0.215. The van der Waals surface area contributed by atoms with Crippen LogP contribution in [0.15, 0.2) is 26.7 Å². The average molecular weight is 338 g/mol. The van der Waals surface area contributed by atoms with E-state index >= 15 is 0 Å². The van der Waals surface area contributed by atoms with Crippen LogP contribution in [0.1, 0.15) is 11.5 Å². The first-order valence-corrected chi connectivity index (χ1v) is 8.19. The van der Waals surface area contributed by atoms with E-state index < -0.39 is 10.0 Å². The molecule has 0 unspecified atom stereocenters. The molecule has 122 valence electrons. The summed E-state index contributed by atoms with van der Waals surface area (Å²) in [4.78, 5) is 22.3. The van der Waals surface area contributed by atoms with Gasteiger partial charge >= 0.3 is 5.69 Å². The van der Waals surface area contributed by atoms with Crippen LogP contribution < -0.4 is 10.4 Å². The van der Waals surface area contributed by atoms with Gasteiger partial charge in [0.2, 0.25) is 10.0 Å². The zero-order chi connectivity index (χ0) is 16.6. The van der Waals surface area contributed by atoms with Gasteiger partial charge in [-0.1, -0.05) is 5.16 Å². The summed E-state index contributed by atoms with van der Waals surface area (Å²) < 4.78 is 33.2. The first-order valence-electron chi connectivity index (χ1n) is 6.71. The molecule has 3 aromatic rings. The fourth-order valence-electron chi connectivity index (χ4n) is 2.33. The fourth-order valence-corrected chi connectivity index (χ4v) is 3.68. The van der Waals surface area contributed by atoms with E-state index in [1.807, 2.05) is 0 Å². The van der Waals surface area contributed by atoms with Crippen molar-refractivity contribution < 1.29 is 12.9 Å². The van der Waals surface area contributed by atoms with Crippen LogP contribution in [0.5, 0.6) is 0 Å². The van der Waals surface area contributed by atoms with Gasteiger partial charge in [-0.05, 0) is 13.8 Å². The van der Waals surface area contributed by atoms with Crippen LogP contribution >= 0.6 is 0 Å². The number of aromatic nitrogens is 5. The maximum Gasteiger partial charge on any atom is 0.327 e. The van der Waals surface area contributed by atoms with Gasteiger partial charge in [-0.25, -0.2) is 27.9 Å². The molecule has 0 bridgehead atoms. The van der Waals surface area contributed by atoms with E-state index in [4.69, 9.17) is 4.52 Å². The quantitative estimate of drug-likeness (QED) is 0.652. The number of nitrogens with zero attached hydrogens (tertiary/aromatic N) is 4. The highest BCUT2D eigenvalue weighted by atomic mass is 32.2. The van der Waals surface area contributed by atoms with Gasteiger partial charge in [0.1, 0.15) is 22.4 Å². The number of aromatic amines is 1. The van der Waals surface area contributed by atoms with Crippen LogP contribution in [0, 0.1) is 13.8 Å². The number of aryl methyl sites for hydroxylation is 2. The molecule has 0 atom stereocenters. The molecule has 23 heavy (non-hydrogen) atoms. The molecule has 3 heterocycles. The Labute approximate surface area is 130 Å². The standard InChI is InChI=1S/C12H14N6O4S/c1-7-10(8(2)22-17-7)23(20,21)15-3-4-18-11-9(16-12(18)19)5-13-6-14-11/h5-6,15H,3-4H2,1-2H3,(H,16,19). The Morgan fingerprint density at radius 1 is 1.39 bits per heavy atom. The summed E-state index contributed by atoms with van der Waals surface area (Å²) in [5, 5.41) is 3.62. The first kappa shape index (κ1) is 15.4. The Balaban J connectivity index is 1.79. The lowest BCUT2D eigenvalue weighted by Crippen LogP contribution is -2.30. The molecule has 11 heteroatoms. The maximum atomic E-state index is 12.3. The number of imidazole rings is 1. The Bertz CT molecular complexity index is 996. The zero-order valence-corrected chi connectivity index (χ0v) is 13.2. The van der Waals surface area contributed by atoms with E-state index in [2.05, 4.69) is 24.8 Å². The van der Waals surface area contributed by atoms with Gasteiger partial charge in [-0.3, -0.25) is 4.57 Å². The van der Waals surface area contributed by atoms with Gasteiger partial charge in [-0.2, -0.15) is 0 Å².